The van der Waals surface area contributed by atoms with Gasteiger partial charge in [0.2, 0.25) is 0 Å². The molecule has 8 nitrogen and oxygen atoms in total. The van der Waals surface area contributed by atoms with Crippen molar-refractivity contribution >= 4 is 28.3 Å². The van der Waals surface area contributed by atoms with Crippen molar-refractivity contribution < 1.29 is 13.6 Å². The molecule has 4 aromatic rings. The summed E-state index contributed by atoms with van der Waals surface area (Å²) in [5.41, 5.74) is 12.0. The first kappa shape index (κ1) is 21.9. The molecule has 0 saturated carbocycles. The number of amides is 1. The monoisotopic (exact) mass is 427 g/mol. The van der Waals surface area contributed by atoms with E-state index in [-0.39, 0.29) is 5.69 Å². The number of fused-ring (bicyclic) bond motifs is 1. The maximum Gasteiger partial charge on any atom is 0.261 e. The quantitative estimate of drug-likeness (QED) is 0.371. The van der Waals surface area contributed by atoms with Crippen LogP contribution in [0.2, 0.25) is 0 Å². The van der Waals surface area contributed by atoms with Crippen molar-refractivity contribution in [2.24, 2.45) is 12.8 Å². The summed E-state index contributed by atoms with van der Waals surface area (Å²) >= 11 is 0. The van der Waals surface area contributed by atoms with E-state index in [1.165, 1.54) is 6.20 Å². The highest BCUT2D eigenvalue weighted by atomic mass is 19.1. The number of imidazole rings is 1. The van der Waals surface area contributed by atoms with Gasteiger partial charge in [0.15, 0.2) is 5.82 Å². The van der Waals surface area contributed by atoms with Crippen molar-refractivity contribution in [3.8, 4) is 11.4 Å². The number of aryl methyl sites for hydroxylation is 1. The molecule has 0 bridgehead atoms. The molecule has 3 heterocycles. The molecule has 0 spiro atoms. The lowest BCUT2D eigenvalue weighted by Crippen LogP contribution is -2.17. The van der Waals surface area contributed by atoms with Gasteiger partial charge >= 0.3 is 0 Å². The zero-order valence-corrected chi connectivity index (χ0v) is 17.1. The largest absolute Gasteiger partial charge is 0.396 e. The van der Waals surface area contributed by atoms with E-state index in [1.54, 1.807) is 18.6 Å². The summed E-state index contributed by atoms with van der Waals surface area (Å²) in [7, 11) is 1.86. The summed E-state index contributed by atoms with van der Waals surface area (Å²) < 4.78 is 29.7. The lowest BCUT2D eigenvalue weighted by Gasteiger charge is -2.08. The van der Waals surface area contributed by atoms with E-state index in [9.17, 15) is 13.6 Å². The fourth-order valence-corrected chi connectivity index (χ4v) is 2.81. The number of carbonyl (C=O) groups excluding carboxylic acids is 1. The summed E-state index contributed by atoms with van der Waals surface area (Å²) in [4.78, 5) is 23.7. The van der Waals surface area contributed by atoms with E-state index in [0.717, 1.165) is 41.9 Å². The van der Waals surface area contributed by atoms with Crippen molar-refractivity contribution in [2.45, 2.75) is 13.3 Å². The average molecular weight is 427 g/mol. The molecular formula is C21H23F2N7O. The summed E-state index contributed by atoms with van der Waals surface area (Å²) in [6.45, 7) is 2.88. The fourth-order valence-electron chi connectivity index (χ4n) is 2.81. The lowest BCUT2D eigenvalue weighted by molar-refractivity contribution is 0.101. The fraction of sp³-hybridized carbons (Fsp3) is 0.190. The Balaban J connectivity index is 0.000000628. The average Bonchev–Trinajstić information content (AvgIpc) is 3.36. The minimum Gasteiger partial charge on any atom is -0.396 e. The zero-order chi connectivity index (χ0) is 22.5. The Morgan fingerprint density at radius 2 is 2.00 bits per heavy atom. The van der Waals surface area contributed by atoms with Gasteiger partial charge in [0.25, 0.3) is 5.91 Å². The van der Waals surface area contributed by atoms with Crippen LogP contribution in [0.4, 0.5) is 20.2 Å². The van der Waals surface area contributed by atoms with Crippen LogP contribution >= 0.6 is 0 Å². The van der Waals surface area contributed by atoms with Crippen LogP contribution in [0, 0.1) is 11.6 Å². The van der Waals surface area contributed by atoms with Gasteiger partial charge in [-0.2, -0.15) is 0 Å². The van der Waals surface area contributed by atoms with Crippen LogP contribution in [0.25, 0.3) is 22.4 Å². The Morgan fingerprint density at radius 1 is 1.26 bits per heavy atom. The van der Waals surface area contributed by atoms with Crippen LogP contribution in [0.5, 0.6) is 0 Å². The molecule has 1 aromatic carbocycles. The summed E-state index contributed by atoms with van der Waals surface area (Å²) in [6.07, 6.45) is 5.87. The van der Waals surface area contributed by atoms with E-state index in [4.69, 9.17) is 11.5 Å². The third-order valence-corrected chi connectivity index (χ3v) is 4.46. The number of H-pyrrole nitrogens is 1. The summed E-state index contributed by atoms with van der Waals surface area (Å²) in [5, 5.41) is 3.17. The molecule has 0 fully saturated rings. The standard InChI is InChI=1S/C18H14F2N6O.C3H9N/c1-26-8-22-7-14(26)13-5-9-4-10(6-23-17(9)25-13)24-18(27)15-11(19)2-3-12(21)16(15)20;1-2-3-4/h2-8H,21H2,1H3,(H,23,25)(H,24,27);2-4H2,1H3. The molecule has 162 valence electrons. The maximum atomic E-state index is 14.0. The summed E-state index contributed by atoms with van der Waals surface area (Å²) in [6, 6.07) is 5.51. The molecule has 1 amide bonds. The number of anilines is 2. The van der Waals surface area contributed by atoms with Gasteiger partial charge in [-0.25, -0.2) is 18.7 Å². The van der Waals surface area contributed by atoms with Gasteiger partial charge in [-0.1, -0.05) is 6.92 Å². The van der Waals surface area contributed by atoms with Crippen LogP contribution in [0.3, 0.4) is 0 Å². The van der Waals surface area contributed by atoms with Crippen molar-refractivity contribution in [1.29, 1.82) is 0 Å². The number of hydrogen-bond donors (Lipinski definition) is 4. The molecular weight excluding hydrogens is 404 g/mol. The summed E-state index contributed by atoms with van der Waals surface area (Å²) in [5.74, 6) is -3.03. The second-order valence-electron chi connectivity index (χ2n) is 6.80. The van der Waals surface area contributed by atoms with Crippen LogP contribution in [-0.2, 0) is 7.05 Å². The van der Waals surface area contributed by atoms with Crippen LogP contribution in [-0.4, -0.2) is 32.0 Å². The van der Waals surface area contributed by atoms with Crippen molar-refractivity contribution in [3.63, 3.8) is 0 Å². The second kappa shape index (κ2) is 9.35. The normalized spacial score (nSPS) is 10.6. The smallest absolute Gasteiger partial charge is 0.261 e. The number of halogens is 2. The van der Waals surface area contributed by atoms with E-state index in [1.807, 2.05) is 17.7 Å². The molecule has 0 aliphatic heterocycles. The van der Waals surface area contributed by atoms with E-state index >= 15 is 0 Å². The Bertz CT molecular complexity index is 1210. The molecule has 6 N–H and O–H groups in total. The van der Waals surface area contributed by atoms with E-state index in [0.29, 0.717) is 11.3 Å². The number of nitrogens with one attached hydrogen (secondary N) is 2. The Morgan fingerprint density at radius 3 is 2.65 bits per heavy atom. The topological polar surface area (TPSA) is 128 Å². The number of aromatic amines is 1. The molecule has 31 heavy (non-hydrogen) atoms. The highest BCUT2D eigenvalue weighted by Gasteiger charge is 2.20. The molecule has 0 unspecified atom stereocenters. The molecule has 0 saturated heterocycles. The number of nitrogens with two attached hydrogens (primary N) is 2. The Kier molecular flexibility index (Phi) is 6.61. The van der Waals surface area contributed by atoms with Gasteiger partial charge in [-0.15, -0.1) is 0 Å². The molecule has 0 radical (unpaired) electrons. The van der Waals surface area contributed by atoms with Gasteiger partial charge in [-0.05, 0) is 37.2 Å². The van der Waals surface area contributed by atoms with Crippen molar-refractivity contribution in [2.75, 3.05) is 17.6 Å². The SMILES string of the molecule is CCCN.Cn1cncc1-c1cc2cc(NC(=O)c3c(F)ccc(N)c3F)cnc2[nH]1. The number of rotatable bonds is 4. The van der Waals surface area contributed by atoms with Gasteiger partial charge in [-0.3, -0.25) is 4.79 Å². The van der Waals surface area contributed by atoms with Gasteiger partial charge in [0, 0.05) is 12.4 Å². The van der Waals surface area contributed by atoms with Crippen LogP contribution in [0.15, 0.2) is 43.0 Å². The number of nitrogen functional groups attached to an aromatic ring is 1. The lowest BCUT2D eigenvalue weighted by atomic mass is 10.1. The highest BCUT2D eigenvalue weighted by molar-refractivity contribution is 6.05. The highest BCUT2D eigenvalue weighted by Crippen LogP contribution is 2.25. The predicted octanol–water partition coefficient (Wildman–Crippen LogP) is 3.43. The Labute approximate surface area is 177 Å². The zero-order valence-electron chi connectivity index (χ0n) is 17.1. The van der Waals surface area contributed by atoms with Crippen molar-refractivity contribution in [1.82, 2.24) is 19.5 Å². The molecule has 0 aliphatic carbocycles. The van der Waals surface area contributed by atoms with Crippen LogP contribution in [0.1, 0.15) is 23.7 Å². The third kappa shape index (κ3) is 4.69. The van der Waals surface area contributed by atoms with Gasteiger partial charge < -0.3 is 26.3 Å². The van der Waals surface area contributed by atoms with Crippen molar-refractivity contribution in [3.05, 3.63) is 60.2 Å². The molecule has 0 aliphatic rings. The maximum absolute atomic E-state index is 14.0. The van der Waals surface area contributed by atoms with E-state index in [2.05, 4.69) is 27.2 Å². The number of hydrogen-bond acceptors (Lipinski definition) is 5. The number of aromatic nitrogens is 4. The van der Waals surface area contributed by atoms with E-state index < -0.39 is 23.1 Å². The minimum atomic E-state index is -1.10. The van der Waals surface area contributed by atoms with Crippen LogP contribution < -0.4 is 16.8 Å². The first-order chi connectivity index (χ1) is 14.8. The number of carbonyl (C=O) groups is 1. The third-order valence-electron chi connectivity index (χ3n) is 4.46. The second-order valence-corrected chi connectivity index (χ2v) is 6.80. The van der Waals surface area contributed by atoms with Gasteiger partial charge in [0.05, 0.1) is 41.5 Å². The predicted molar refractivity (Wildman–Crippen MR) is 116 cm³/mol. The Hall–Kier alpha value is -3.79. The number of pyridine rings is 1. The molecule has 0 atom stereocenters. The minimum absolute atomic E-state index is 0.296. The molecule has 3 aromatic heterocycles. The number of benzene rings is 1. The molecule has 4 rings (SSSR count). The first-order valence-corrected chi connectivity index (χ1v) is 9.56. The number of nitrogens with zero attached hydrogens (tertiary/aromatic N) is 3. The first-order valence-electron chi connectivity index (χ1n) is 9.56. The molecule has 10 heteroatoms. The van der Waals surface area contributed by atoms with Gasteiger partial charge in [0.1, 0.15) is 17.0 Å².